The third kappa shape index (κ3) is 5.15. The maximum Gasteiger partial charge on any atom is 0.243 e. The first-order valence-electron chi connectivity index (χ1n) is 9.50. The third-order valence-corrected chi connectivity index (χ3v) is 5.39. The molecule has 3 amide bonds. The number of amides is 3. The van der Waals surface area contributed by atoms with E-state index in [1.807, 2.05) is 37.3 Å². The number of halogens is 1. The molecule has 1 aliphatic rings. The number of benzene rings is 2. The van der Waals surface area contributed by atoms with Crippen LogP contribution in [0.5, 0.6) is 0 Å². The number of carbonyl (C=O) groups excluding carboxylic acids is 3. The van der Waals surface area contributed by atoms with Crippen molar-refractivity contribution in [3.63, 3.8) is 0 Å². The van der Waals surface area contributed by atoms with Gasteiger partial charge in [-0.1, -0.05) is 41.9 Å². The Morgan fingerprint density at radius 2 is 1.83 bits per heavy atom. The summed E-state index contributed by atoms with van der Waals surface area (Å²) in [6.45, 7) is 2.24. The number of anilines is 1. The second-order valence-electron chi connectivity index (χ2n) is 7.28. The summed E-state index contributed by atoms with van der Waals surface area (Å²) in [5, 5.41) is 3.31. The van der Waals surface area contributed by atoms with Gasteiger partial charge in [0.25, 0.3) is 0 Å². The fourth-order valence-electron chi connectivity index (χ4n) is 3.52. The normalized spacial score (nSPS) is 17.1. The Morgan fingerprint density at radius 3 is 2.48 bits per heavy atom. The van der Waals surface area contributed by atoms with E-state index in [9.17, 15) is 14.4 Å². The van der Waals surface area contributed by atoms with E-state index in [0.29, 0.717) is 17.3 Å². The van der Waals surface area contributed by atoms with E-state index in [4.69, 9.17) is 11.6 Å². The van der Waals surface area contributed by atoms with Crippen molar-refractivity contribution in [1.29, 1.82) is 0 Å². The molecule has 0 saturated carbocycles. The lowest BCUT2D eigenvalue weighted by atomic mass is 10.1. The molecule has 1 heterocycles. The van der Waals surface area contributed by atoms with Gasteiger partial charge in [-0.15, -0.1) is 0 Å². The van der Waals surface area contributed by atoms with Crippen molar-refractivity contribution in [1.82, 2.24) is 9.80 Å². The van der Waals surface area contributed by atoms with E-state index in [1.54, 1.807) is 36.2 Å². The molecule has 2 aromatic carbocycles. The van der Waals surface area contributed by atoms with Crippen LogP contribution in [0.1, 0.15) is 24.9 Å². The summed E-state index contributed by atoms with van der Waals surface area (Å²) >= 11 is 5.83. The molecule has 152 valence electrons. The molecule has 1 N–H and O–H groups in total. The molecule has 29 heavy (non-hydrogen) atoms. The van der Waals surface area contributed by atoms with Crippen molar-refractivity contribution in [2.75, 3.05) is 25.5 Å². The number of carbonyl (C=O) groups is 3. The molecule has 6 nitrogen and oxygen atoms in total. The number of rotatable bonds is 6. The highest BCUT2D eigenvalue weighted by Gasteiger charge is 2.38. The van der Waals surface area contributed by atoms with Crippen LogP contribution in [0.15, 0.2) is 54.6 Å². The Hall–Kier alpha value is -2.86. The third-order valence-electron chi connectivity index (χ3n) is 5.14. The molecule has 1 aliphatic heterocycles. The van der Waals surface area contributed by atoms with Gasteiger partial charge in [0.1, 0.15) is 0 Å². The molecule has 0 bridgehead atoms. The van der Waals surface area contributed by atoms with E-state index >= 15 is 0 Å². The lowest BCUT2D eigenvalue weighted by molar-refractivity contribution is -0.137. The van der Waals surface area contributed by atoms with Crippen LogP contribution >= 0.6 is 11.6 Å². The van der Waals surface area contributed by atoms with Gasteiger partial charge in [0.05, 0.1) is 18.5 Å². The second-order valence-corrected chi connectivity index (χ2v) is 7.72. The average Bonchev–Trinajstić information content (AvgIpc) is 3.10. The highest BCUT2D eigenvalue weighted by atomic mass is 35.5. The Morgan fingerprint density at radius 1 is 1.17 bits per heavy atom. The maximum atomic E-state index is 12.8. The van der Waals surface area contributed by atoms with Crippen LogP contribution in [0.3, 0.4) is 0 Å². The van der Waals surface area contributed by atoms with Crippen molar-refractivity contribution in [3.05, 3.63) is 65.2 Å². The molecule has 0 aromatic heterocycles. The minimum Gasteiger partial charge on any atom is -0.336 e. The Kier molecular flexibility index (Phi) is 6.54. The average molecular weight is 414 g/mol. The van der Waals surface area contributed by atoms with Crippen LogP contribution < -0.4 is 5.32 Å². The lowest BCUT2D eigenvalue weighted by Crippen LogP contribution is -2.39. The monoisotopic (exact) mass is 413 g/mol. The highest BCUT2D eigenvalue weighted by Crippen LogP contribution is 2.29. The molecular weight excluding hydrogens is 390 g/mol. The molecule has 2 atom stereocenters. The molecule has 1 fully saturated rings. The van der Waals surface area contributed by atoms with Gasteiger partial charge >= 0.3 is 0 Å². The number of nitrogens with zero attached hydrogens (tertiary/aromatic N) is 2. The first kappa shape index (κ1) is 20.9. The van der Waals surface area contributed by atoms with Gasteiger partial charge in [-0.25, -0.2) is 0 Å². The van der Waals surface area contributed by atoms with Crippen LogP contribution in [0.25, 0.3) is 0 Å². The molecule has 7 heteroatoms. The van der Waals surface area contributed by atoms with E-state index in [1.165, 1.54) is 4.90 Å². The van der Waals surface area contributed by atoms with Crippen molar-refractivity contribution in [3.8, 4) is 0 Å². The number of nitrogens with one attached hydrogen (secondary N) is 1. The minimum atomic E-state index is -0.443. The predicted molar refractivity (Wildman–Crippen MR) is 112 cm³/mol. The molecule has 1 saturated heterocycles. The second kappa shape index (κ2) is 9.09. The number of likely N-dealkylation sites (N-methyl/N-ethyl adjacent to an activating group) is 1. The Labute approximate surface area is 175 Å². The van der Waals surface area contributed by atoms with Gasteiger partial charge in [0.15, 0.2) is 0 Å². The largest absolute Gasteiger partial charge is 0.336 e. The number of hydrogen-bond donors (Lipinski definition) is 1. The summed E-state index contributed by atoms with van der Waals surface area (Å²) in [5.74, 6) is -0.991. The van der Waals surface area contributed by atoms with Crippen LogP contribution in [-0.4, -0.2) is 47.7 Å². The number of hydrogen-bond acceptors (Lipinski definition) is 3. The maximum absolute atomic E-state index is 12.8. The van der Waals surface area contributed by atoms with E-state index in [-0.39, 0.29) is 36.7 Å². The first-order valence-corrected chi connectivity index (χ1v) is 9.87. The van der Waals surface area contributed by atoms with Crippen molar-refractivity contribution < 1.29 is 14.4 Å². The SMILES string of the molecule is C[C@@H](c1ccccc1)N1C[C@@H](C(=O)N(C)CC(=O)Nc2ccc(Cl)cc2)CC1=O. The molecular formula is C22H24ClN3O3. The van der Waals surface area contributed by atoms with Gasteiger partial charge in [-0.2, -0.15) is 0 Å². The van der Waals surface area contributed by atoms with Crippen LogP contribution in [-0.2, 0) is 14.4 Å². The fraction of sp³-hybridized carbons (Fsp3) is 0.318. The summed E-state index contributed by atoms with van der Waals surface area (Å²) in [5.41, 5.74) is 1.64. The summed E-state index contributed by atoms with van der Waals surface area (Å²) in [7, 11) is 1.58. The summed E-state index contributed by atoms with van der Waals surface area (Å²) in [6, 6.07) is 16.4. The van der Waals surface area contributed by atoms with Gasteiger partial charge < -0.3 is 15.1 Å². The summed E-state index contributed by atoms with van der Waals surface area (Å²) < 4.78 is 0. The van der Waals surface area contributed by atoms with Crippen molar-refractivity contribution in [2.45, 2.75) is 19.4 Å². The van der Waals surface area contributed by atoms with Crippen LogP contribution in [0, 0.1) is 5.92 Å². The highest BCUT2D eigenvalue weighted by molar-refractivity contribution is 6.30. The van der Waals surface area contributed by atoms with Crippen LogP contribution in [0.4, 0.5) is 5.69 Å². The van der Waals surface area contributed by atoms with E-state index in [0.717, 1.165) is 5.56 Å². The minimum absolute atomic E-state index is 0.0429. The van der Waals surface area contributed by atoms with E-state index in [2.05, 4.69) is 5.32 Å². The lowest BCUT2D eigenvalue weighted by Gasteiger charge is -2.26. The van der Waals surface area contributed by atoms with Gasteiger partial charge in [0, 0.05) is 30.7 Å². The quantitative estimate of drug-likeness (QED) is 0.789. The topological polar surface area (TPSA) is 69.7 Å². The molecule has 2 aromatic rings. The molecule has 0 aliphatic carbocycles. The summed E-state index contributed by atoms with van der Waals surface area (Å²) in [4.78, 5) is 40.6. The van der Waals surface area contributed by atoms with Gasteiger partial charge in [-0.05, 0) is 36.8 Å². The standard InChI is InChI=1S/C22H24ClN3O3/c1-15(16-6-4-3-5-7-16)26-13-17(12-21(26)28)22(29)25(2)14-20(27)24-19-10-8-18(23)9-11-19/h3-11,15,17H,12-14H2,1-2H3,(H,24,27)/t15-,17-/m0/s1. The zero-order valence-electron chi connectivity index (χ0n) is 16.5. The smallest absolute Gasteiger partial charge is 0.243 e. The zero-order valence-corrected chi connectivity index (χ0v) is 17.2. The molecule has 0 unspecified atom stereocenters. The molecule has 0 spiro atoms. The summed E-state index contributed by atoms with van der Waals surface area (Å²) in [6.07, 6.45) is 0.166. The van der Waals surface area contributed by atoms with Gasteiger partial charge in [-0.3, -0.25) is 14.4 Å². The first-order chi connectivity index (χ1) is 13.8. The predicted octanol–water partition coefficient (Wildman–Crippen LogP) is 3.35. The molecule has 3 rings (SSSR count). The molecule has 0 radical (unpaired) electrons. The van der Waals surface area contributed by atoms with Crippen molar-refractivity contribution in [2.24, 2.45) is 5.92 Å². The van der Waals surface area contributed by atoms with E-state index < -0.39 is 5.92 Å². The fourth-order valence-corrected chi connectivity index (χ4v) is 3.65. The van der Waals surface area contributed by atoms with Crippen molar-refractivity contribution >= 4 is 35.0 Å². The number of likely N-dealkylation sites (tertiary alicyclic amines) is 1. The van der Waals surface area contributed by atoms with Gasteiger partial charge in [0.2, 0.25) is 17.7 Å². The van der Waals surface area contributed by atoms with Crippen LogP contribution in [0.2, 0.25) is 5.02 Å². The zero-order chi connectivity index (χ0) is 21.0. The Bertz CT molecular complexity index is 886. The Balaban J connectivity index is 1.56.